The van der Waals surface area contributed by atoms with Crippen LogP contribution in [-0.2, 0) is 14.3 Å². The van der Waals surface area contributed by atoms with E-state index in [1.54, 1.807) is 7.11 Å². The SMILES string of the molecule is C=CC(=O)N1CC2(CC(n3nc(N4CCN(C5COC5)C[C@@]4(C)COC)c(-c4c(Cl)c(C)cc5[nH]ncc45)c3C)C2)C1. The summed E-state index contributed by atoms with van der Waals surface area (Å²) in [5, 5.41) is 14.7. The van der Waals surface area contributed by atoms with E-state index in [2.05, 4.69) is 51.2 Å². The molecule has 4 fully saturated rings. The molecule has 1 N–H and O–H groups in total. The van der Waals surface area contributed by atoms with Crippen molar-refractivity contribution >= 4 is 34.2 Å². The Kier molecular flexibility index (Phi) is 6.69. The molecule has 0 radical (unpaired) electrons. The van der Waals surface area contributed by atoms with Crippen molar-refractivity contribution in [2.24, 2.45) is 5.41 Å². The molecule has 10 nitrogen and oxygen atoms in total. The molecule has 3 saturated heterocycles. The molecular formula is C31H40ClN7O3. The third-order valence-corrected chi connectivity index (χ3v) is 10.6. The molecule has 1 amide bonds. The molecule has 42 heavy (non-hydrogen) atoms. The number of likely N-dealkylation sites (tertiary alicyclic amines) is 1. The molecule has 0 bridgehead atoms. The van der Waals surface area contributed by atoms with E-state index in [9.17, 15) is 4.79 Å². The van der Waals surface area contributed by atoms with Crippen LogP contribution in [0.15, 0.2) is 24.9 Å². The van der Waals surface area contributed by atoms with Gasteiger partial charge in [-0.25, -0.2) is 0 Å². The summed E-state index contributed by atoms with van der Waals surface area (Å²) in [7, 11) is 1.78. The van der Waals surface area contributed by atoms with E-state index < -0.39 is 0 Å². The van der Waals surface area contributed by atoms with Crippen molar-refractivity contribution in [3.8, 4) is 11.1 Å². The summed E-state index contributed by atoms with van der Waals surface area (Å²) in [6.45, 7) is 16.5. The smallest absolute Gasteiger partial charge is 0.245 e. The summed E-state index contributed by atoms with van der Waals surface area (Å²) in [4.78, 5) is 19.0. The average molecular weight is 594 g/mol. The molecule has 5 heterocycles. The van der Waals surface area contributed by atoms with Gasteiger partial charge in [0.15, 0.2) is 5.82 Å². The molecule has 1 spiro atoms. The number of benzene rings is 1. The maximum Gasteiger partial charge on any atom is 0.245 e. The second-order valence-electron chi connectivity index (χ2n) is 13.1. The number of anilines is 1. The van der Waals surface area contributed by atoms with E-state index in [1.807, 2.05) is 18.0 Å². The third kappa shape index (κ3) is 4.21. The highest BCUT2D eigenvalue weighted by Gasteiger charge is 2.55. The number of rotatable bonds is 7. The summed E-state index contributed by atoms with van der Waals surface area (Å²) in [6, 6.07) is 2.79. The van der Waals surface area contributed by atoms with Gasteiger partial charge in [0.1, 0.15) is 0 Å². The quantitative estimate of drug-likeness (QED) is 0.415. The number of piperazine rings is 1. The first-order valence-corrected chi connectivity index (χ1v) is 15.3. The fraction of sp³-hybridized carbons (Fsp3) is 0.581. The van der Waals surface area contributed by atoms with Crippen molar-refractivity contribution in [1.82, 2.24) is 29.8 Å². The molecule has 0 unspecified atom stereocenters. The van der Waals surface area contributed by atoms with E-state index in [-0.39, 0.29) is 22.9 Å². The molecule has 1 aromatic carbocycles. The maximum atomic E-state index is 12.1. The number of aromatic amines is 1. The molecule has 1 atom stereocenters. The largest absolute Gasteiger partial charge is 0.382 e. The fourth-order valence-electron chi connectivity index (χ4n) is 7.85. The highest BCUT2D eigenvalue weighted by atomic mass is 35.5. The minimum atomic E-state index is -0.296. The standard InChI is InChI=1S/C31H40ClN7O3/c1-6-25(40)37-16-31(17-37)10-21(11-31)39-20(3)26(27-23-12-33-34-24(23)9-19(2)28(27)32)29(35-39)38-8-7-36(22-13-42-14-22)15-30(38,4)18-41-5/h6,9,12,21-22H,1,7-8,10-11,13-18H2,2-5H3,(H,33,34)/t30-/m0/s1. The van der Waals surface area contributed by atoms with Crippen LogP contribution >= 0.6 is 11.6 Å². The van der Waals surface area contributed by atoms with Gasteiger partial charge in [-0.3, -0.25) is 19.5 Å². The predicted octanol–water partition coefficient (Wildman–Crippen LogP) is 3.97. The van der Waals surface area contributed by atoms with Gasteiger partial charge >= 0.3 is 0 Å². The minimum Gasteiger partial charge on any atom is -0.382 e. The zero-order valence-corrected chi connectivity index (χ0v) is 25.7. The molecule has 1 saturated carbocycles. The topological polar surface area (TPSA) is 91.8 Å². The number of H-pyrrole nitrogens is 1. The van der Waals surface area contributed by atoms with Crippen LogP contribution in [0.5, 0.6) is 0 Å². The predicted molar refractivity (Wildman–Crippen MR) is 163 cm³/mol. The summed E-state index contributed by atoms with van der Waals surface area (Å²) >= 11 is 7.15. The van der Waals surface area contributed by atoms with Crippen LogP contribution < -0.4 is 4.90 Å². The van der Waals surface area contributed by atoms with Gasteiger partial charge in [0.2, 0.25) is 5.91 Å². The normalized spacial score (nSPS) is 24.6. The molecule has 224 valence electrons. The van der Waals surface area contributed by atoms with Crippen LogP contribution in [-0.4, -0.2) is 107 Å². The number of halogens is 1. The number of fused-ring (bicyclic) bond motifs is 1. The second kappa shape index (κ2) is 10.1. The summed E-state index contributed by atoms with van der Waals surface area (Å²) in [5.41, 5.74) is 5.00. The number of aromatic nitrogens is 4. The van der Waals surface area contributed by atoms with Crippen LogP contribution in [0, 0.1) is 19.3 Å². The lowest BCUT2D eigenvalue weighted by molar-refractivity contribution is -0.149. The molecule has 1 aliphatic carbocycles. The van der Waals surface area contributed by atoms with Crippen LogP contribution in [0.2, 0.25) is 5.02 Å². The van der Waals surface area contributed by atoms with Crippen molar-refractivity contribution in [1.29, 1.82) is 0 Å². The number of nitrogens with zero attached hydrogens (tertiary/aromatic N) is 6. The van der Waals surface area contributed by atoms with Crippen LogP contribution in [0.25, 0.3) is 22.0 Å². The van der Waals surface area contributed by atoms with Gasteiger partial charge in [-0.05, 0) is 51.3 Å². The summed E-state index contributed by atoms with van der Waals surface area (Å²) in [5.74, 6) is 0.969. The lowest BCUT2D eigenvalue weighted by Gasteiger charge is -2.58. The Morgan fingerprint density at radius 3 is 2.64 bits per heavy atom. The van der Waals surface area contributed by atoms with Crippen LogP contribution in [0.3, 0.4) is 0 Å². The van der Waals surface area contributed by atoms with E-state index in [1.165, 1.54) is 6.08 Å². The van der Waals surface area contributed by atoms with Crippen molar-refractivity contribution in [2.75, 3.05) is 64.6 Å². The Bertz CT molecular complexity index is 1550. The molecule has 3 aromatic rings. The second-order valence-corrected chi connectivity index (χ2v) is 13.5. The zero-order valence-electron chi connectivity index (χ0n) is 25.0. The third-order valence-electron chi connectivity index (χ3n) is 10.1. The van der Waals surface area contributed by atoms with E-state index in [0.717, 1.165) is 103 Å². The Labute approximate surface area is 251 Å². The lowest BCUT2D eigenvalue weighted by atomic mass is 9.60. The lowest BCUT2D eigenvalue weighted by Crippen LogP contribution is -2.67. The highest BCUT2D eigenvalue weighted by molar-refractivity contribution is 6.36. The fourth-order valence-corrected chi connectivity index (χ4v) is 8.10. The van der Waals surface area contributed by atoms with E-state index in [4.69, 9.17) is 26.2 Å². The molecule has 4 aliphatic rings. The molecular weight excluding hydrogens is 554 g/mol. The zero-order chi connectivity index (χ0) is 29.4. The number of methoxy groups -OCH3 is 1. The average Bonchev–Trinajstić information content (AvgIpc) is 3.46. The number of hydrogen-bond acceptors (Lipinski definition) is 7. The molecule has 11 heteroatoms. The van der Waals surface area contributed by atoms with Crippen LogP contribution in [0.4, 0.5) is 5.82 Å². The Balaban J connectivity index is 1.31. The first-order chi connectivity index (χ1) is 20.2. The Morgan fingerprint density at radius 2 is 1.98 bits per heavy atom. The van der Waals surface area contributed by atoms with Gasteiger partial charge < -0.3 is 19.3 Å². The van der Waals surface area contributed by atoms with Crippen molar-refractivity contribution in [3.63, 3.8) is 0 Å². The van der Waals surface area contributed by atoms with Gasteiger partial charge in [0.25, 0.3) is 0 Å². The van der Waals surface area contributed by atoms with Crippen molar-refractivity contribution in [2.45, 2.75) is 51.2 Å². The van der Waals surface area contributed by atoms with E-state index in [0.29, 0.717) is 12.6 Å². The number of aryl methyl sites for hydroxylation is 1. The van der Waals surface area contributed by atoms with Gasteiger partial charge in [-0.15, -0.1) is 0 Å². The number of carbonyl (C=O) groups excluding carboxylic acids is 1. The number of ether oxygens (including phenoxy) is 2. The molecule has 3 aliphatic heterocycles. The van der Waals surface area contributed by atoms with Crippen molar-refractivity contribution in [3.05, 3.63) is 41.2 Å². The first kappa shape index (κ1) is 27.9. The van der Waals surface area contributed by atoms with Gasteiger partial charge in [0, 0.05) is 67.5 Å². The number of hydrogen-bond donors (Lipinski definition) is 1. The summed E-state index contributed by atoms with van der Waals surface area (Å²) in [6.07, 6.45) is 5.29. The Hall–Kier alpha value is -2.92. The maximum absolute atomic E-state index is 12.1. The van der Waals surface area contributed by atoms with Crippen molar-refractivity contribution < 1.29 is 14.3 Å². The number of carbonyl (C=O) groups is 1. The molecule has 7 rings (SSSR count). The monoisotopic (exact) mass is 593 g/mol. The minimum absolute atomic E-state index is 0.0205. The van der Waals surface area contributed by atoms with Gasteiger partial charge in [-0.2, -0.15) is 10.2 Å². The molecule has 2 aromatic heterocycles. The number of nitrogens with one attached hydrogen (secondary N) is 1. The van der Waals surface area contributed by atoms with E-state index >= 15 is 0 Å². The first-order valence-electron chi connectivity index (χ1n) is 14.9. The van der Waals surface area contributed by atoms with Gasteiger partial charge in [-0.1, -0.05) is 18.2 Å². The van der Waals surface area contributed by atoms with Gasteiger partial charge in [0.05, 0.1) is 54.2 Å². The van der Waals surface area contributed by atoms with Crippen LogP contribution in [0.1, 0.15) is 37.1 Å². The summed E-state index contributed by atoms with van der Waals surface area (Å²) < 4.78 is 13.6. The Morgan fingerprint density at radius 1 is 1.21 bits per heavy atom. The number of amides is 1. The highest BCUT2D eigenvalue weighted by Crippen LogP contribution is 2.56.